The average molecular weight is 622 g/mol. The van der Waals surface area contributed by atoms with Crippen molar-refractivity contribution in [3.05, 3.63) is 150 Å². The third-order valence-electron chi connectivity index (χ3n) is 7.69. The van der Waals surface area contributed by atoms with Crippen LogP contribution in [-0.4, -0.2) is 50.1 Å². The summed E-state index contributed by atoms with van der Waals surface area (Å²) in [6.45, 7) is 3.41. The van der Waals surface area contributed by atoms with Crippen LogP contribution in [-0.2, 0) is 21.7 Å². The molecule has 1 fully saturated rings. The van der Waals surface area contributed by atoms with E-state index in [1.54, 1.807) is 0 Å². The molecule has 3 atom stereocenters. The van der Waals surface area contributed by atoms with Gasteiger partial charge in [0.2, 0.25) is 0 Å². The molecule has 1 heterocycles. The summed E-state index contributed by atoms with van der Waals surface area (Å²) in [6.07, 6.45) is 0. The van der Waals surface area contributed by atoms with Gasteiger partial charge in [0, 0.05) is 37.8 Å². The molecule has 0 saturated carbocycles. The van der Waals surface area contributed by atoms with Gasteiger partial charge in [0.25, 0.3) is 0 Å². The van der Waals surface area contributed by atoms with Crippen LogP contribution >= 0.6 is 0 Å². The molecule has 1 aliphatic heterocycles. The fourth-order valence-electron chi connectivity index (χ4n) is 5.49. The minimum atomic E-state index is 0. The monoisotopic (exact) mass is 621 g/mol. The fourth-order valence-corrected chi connectivity index (χ4v) is 5.49. The Labute approximate surface area is 273 Å². The van der Waals surface area contributed by atoms with Crippen LogP contribution < -0.4 is 35.4 Å². The molecule has 4 aromatic carbocycles. The largest absolute Gasteiger partial charge is 3.00 e. The first-order valence-electron chi connectivity index (χ1n) is 13.6. The number of rotatable bonds is 4. The Kier molecular flexibility index (Phi) is 15.2. The van der Waals surface area contributed by atoms with Crippen LogP contribution in [0.15, 0.2) is 121 Å². The van der Waals surface area contributed by atoms with Gasteiger partial charge in [-0.1, -0.05) is 103 Å². The summed E-state index contributed by atoms with van der Waals surface area (Å²) in [5, 5.41) is 7.86. The first kappa shape index (κ1) is 35.1. The van der Waals surface area contributed by atoms with E-state index >= 15 is 0 Å². The molecule has 0 aromatic heterocycles. The maximum atomic E-state index is 3.94. The van der Waals surface area contributed by atoms with Gasteiger partial charge in [0.15, 0.2) is 0 Å². The first-order valence-corrected chi connectivity index (χ1v) is 13.6. The Morgan fingerprint density at radius 1 is 0.585 bits per heavy atom. The van der Waals surface area contributed by atoms with Gasteiger partial charge < -0.3 is 40.3 Å². The molecule has 1 saturated heterocycles. The van der Waals surface area contributed by atoms with Crippen molar-refractivity contribution >= 4 is 0 Å². The van der Waals surface area contributed by atoms with Crippen LogP contribution in [0.3, 0.4) is 0 Å². The van der Waals surface area contributed by atoms with E-state index in [0.717, 1.165) is 26.2 Å². The van der Waals surface area contributed by atoms with Crippen molar-refractivity contribution in [2.24, 2.45) is 0 Å². The van der Waals surface area contributed by atoms with Crippen molar-refractivity contribution < 1.29 is 46.5 Å². The second kappa shape index (κ2) is 17.8. The molecule has 213 valence electrons. The molecule has 5 rings (SSSR count). The third-order valence-corrected chi connectivity index (χ3v) is 7.69. The number of likely N-dealkylation sites (N-methyl/N-ethyl adjacent to an activating group) is 2. The van der Waals surface area contributed by atoms with Crippen LogP contribution in [0.25, 0.3) is 0 Å². The zero-order chi connectivity index (χ0) is 26.2. The Hall–Kier alpha value is -2.12. The molecule has 4 nitrogen and oxygen atoms in total. The molecule has 7 heteroatoms. The quantitative estimate of drug-likeness (QED) is 0.245. The minimum Gasteiger partial charge on any atom is -1.00 e. The van der Waals surface area contributed by atoms with Gasteiger partial charge in [0.1, 0.15) is 0 Å². The molecule has 0 aliphatic carbocycles. The van der Waals surface area contributed by atoms with Gasteiger partial charge in [-0.05, 0) is 37.3 Å². The fraction of sp³-hybridized carbons (Fsp3) is 0.265. The van der Waals surface area contributed by atoms with Crippen molar-refractivity contribution in [2.75, 3.05) is 40.3 Å². The first-order chi connectivity index (χ1) is 18.7. The molecule has 41 heavy (non-hydrogen) atoms. The summed E-state index contributed by atoms with van der Waals surface area (Å²) >= 11 is 0. The number of halogens is 2. The second-order valence-corrected chi connectivity index (χ2v) is 10.3. The summed E-state index contributed by atoms with van der Waals surface area (Å²) in [7, 11) is 4.51. The maximum absolute atomic E-state index is 3.94. The standard InChI is InChI=1S/C34H39N4.2ClH.Ti/c1-37-25-32(28-17-9-4-10-18-28)35-23-31(27-15-7-3-8-16-27)36-24-33(29-19-11-5-12-20-29)38(2)26-34(37)30-21-13-6-14-22-30;;;/h3-22,31-32,34-36H,23-26H2,1-2H3;2*1H;/q-1;;;+3/p-2. The molecule has 0 spiro atoms. The van der Waals surface area contributed by atoms with E-state index in [4.69, 9.17) is 0 Å². The van der Waals surface area contributed by atoms with E-state index in [1.165, 1.54) is 28.3 Å². The summed E-state index contributed by atoms with van der Waals surface area (Å²) in [6, 6.07) is 45.4. The van der Waals surface area contributed by atoms with Crippen molar-refractivity contribution in [3.8, 4) is 0 Å². The average Bonchev–Trinajstić information content (AvgIpc) is 2.98. The van der Waals surface area contributed by atoms with Gasteiger partial charge in [-0.2, -0.15) is 17.7 Å². The zero-order valence-corrected chi connectivity index (χ0v) is 26.8. The minimum absolute atomic E-state index is 0. The Morgan fingerprint density at radius 2 is 1.05 bits per heavy atom. The van der Waals surface area contributed by atoms with Crippen LogP contribution in [0.5, 0.6) is 0 Å². The van der Waals surface area contributed by atoms with Gasteiger partial charge >= 0.3 is 21.7 Å². The summed E-state index contributed by atoms with van der Waals surface area (Å²) < 4.78 is 0. The van der Waals surface area contributed by atoms with Crippen LogP contribution in [0.4, 0.5) is 0 Å². The Balaban J connectivity index is 0.00000196. The normalized spacial score (nSPS) is 20.7. The molecule has 3 unspecified atom stereocenters. The SMILES string of the molecule is CN1CC(c2ccccc2)N(C)CC(c2ccccc2)NCC(c2ccccc2)NC[C-]1c1ccccc1.[Cl-].[Cl-].[Ti+3]. The Morgan fingerprint density at radius 3 is 1.59 bits per heavy atom. The molecule has 1 radical (unpaired) electrons. The van der Waals surface area contributed by atoms with E-state index < -0.39 is 0 Å². The van der Waals surface area contributed by atoms with Crippen LogP contribution in [0.2, 0.25) is 0 Å². The predicted octanol–water partition coefficient (Wildman–Crippen LogP) is -0.148. The van der Waals surface area contributed by atoms with Crippen molar-refractivity contribution in [1.82, 2.24) is 20.4 Å². The molecular weight excluding hydrogens is 583 g/mol. The number of hydrogen-bond acceptors (Lipinski definition) is 4. The van der Waals surface area contributed by atoms with Crippen molar-refractivity contribution in [1.29, 1.82) is 0 Å². The van der Waals surface area contributed by atoms with Crippen molar-refractivity contribution in [3.63, 3.8) is 0 Å². The number of nitrogens with zero attached hydrogens (tertiary/aromatic N) is 2. The van der Waals surface area contributed by atoms with Gasteiger partial charge in [-0.3, -0.25) is 4.90 Å². The van der Waals surface area contributed by atoms with E-state index in [1.807, 2.05) is 0 Å². The number of nitrogens with one attached hydrogen (secondary N) is 2. The van der Waals surface area contributed by atoms with Gasteiger partial charge in [-0.25, -0.2) is 0 Å². The second-order valence-electron chi connectivity index (χ2n) is 10.3. The topological polar surface area (TPSA) is 30.5 Å². The predicted molar refractivity (Wildman–Crippen MR) is 158 cm³/mol. The molecule has 0 bridgehead atoms. The molecule has 1 aliphatic rings. The number of benzene rings is 4. The summed E-state index contributed by atoms with van der Waals surface area (Å²) in [5.74, 6) is 0. The Bertz CT molecular complexity index is 1230. The molecule has 4 aromatic rings. The maximum Gasteiger partial charge on any atom is 3.00 e. The van der Waals surface area contributed by atoms with E-state index in [-0.39, 0.29) is 64.7 Å². The molecule has 2 N–H and O–H groups in total. The van der Waals surface area contributed by atoms with Gasteiger partial charge in [0.05, 0.1) is 0 Å². The smallest absolute Gasteiger partial charge is 1.00 e. The van der Waals surface area contributed by atoms with Gasteiger partial charge in [-0.15, -0.1) is 12.1 Å². The van der Waals surface area contributed by atoms with E-state index in [2.05, 4.69) is 156 Å². The summed E-state index contributed by atoms with van der Waals surface area (Å²) in [5.41, 5.74) is 5.22. The molecular formula is C34H39Cl2N4Ti. The zero-order valence-electron chi connectivity index (χ0n) is 23.8. The van der Waals surface area contributed by atoms with Crippen LogP contribution in [0, 0.1) is 6.04 Å². The van der Waals surface area contributed by atoms with E-state index in [0.29, 0.717) is 0 Å². The van der Waals surface area contributed by atoms with Crippen LogP contribution in [0.1, 0.15) is 40.4 Å². The third kappa shape index (κ3) is 9.44. The number of hydrogen-bond donors (Lipinski definition) is 2. The molecule has 0 amide bonds. The summed E-state index contributed by atoms with van der Waals surface area (Å²) in [4.78, 5) is 4.97. The van der Waals surface area contributed by atoms with E-state index in [9.17, 15) is 0 Å². The van der Waals surface area contributed by atoms with Crippen molar-refractivity contribution in [2.45, 2.75) is 18.1 Å².